The molecule has 0 fully saturated rings. The number of unbranched alkanes of at least 4 members (excludes halogenated alkanes) is 1. The van der Waals surface area contributed by atoms with Gasteiger partial charge in [-0.1, -0.05) is 29.8 Å². The van der Waals surface area contributed by atoms with Crippen molar-refractivity contribution in [1.29, 1.82) is 0 Å². The third kappa shape index (κ3) is 10.1. The number of amides is 2. The molecular formula is C27H34N4O5. The highest BCUT2D eigenvalue weighted by molar-refractivity contribution is 5.94. The zero-order valence-corrected chi connectivity index (χ0v) is 21.0. The topological polar surface area (TPSA) is 123 Å². The first kappa shape index (κ1) is 28.3. The van der Waals surface area contributed by atoms with Crippen molar-refractivity contribution < 1.29 is 19.4 Å². The van der Waals surface area contributed by atoms with E-state index in [-0.39, 0.29) is 18.1 Å². The lowest BCUT2D eigenvalue weighted by Gasteiger charge is -2.08. The van der Waals surface area contributed by atoms with Gasteiger partial charge in [-0.2, -0.15) is 5.10 Å². The number of aliphatic hydroxyl groups is 1. The Morgan fingerprint density at radius 3 is 2.47 bits per heavy atom. The van der Waals surface area contributed by atoms with Crippen molar-refractivity contribution >= 4 is 17.7 Å². The first-order valence-electron chi connectivity index (χ1n) is 11.9. The minimum atomic E-state index is -0.500. The molecule has 0 aliphatic carbocycles. The molecule has 2 amide bonds. The fraction of sp³-hybridized carbons (Fsp3) is 0.333. The fourth-order valence-electron chi connectivity index (χ4n) is 3.12. The van der Waals surface area contributed by atoms with Crippen molar-refractivity contribution in [2.45, 2.75) is 40.2 Å². The number of hydrogen-bond donors (Lipinski definition) is 3. The minimum Gasteiger partial charge on any atom is -0.450 e. The van der Waals surface area contributed by atoms with Crippen LogP contribution in [0.5, 0.6) is 0 Å². The van der Waals surface area contributed by atoms with Crippen LogP contribution in [-0.4, -0.2) is 46.6 Å². The normalized spacial score (nSPS) is 10.1. The second-order valence-electron chi connectivity index (χ2n) is 8.07. The molecule has 0 saturated carbocycles. The number of carbonyl (C=O) groups is 2. The fourth-order valence-corrected chi connectivity index (χ4v) is 3.12. The number of ether oxygens (including phenoxy) is 1. The smallest absolute Gasteiger partial charge is 0.411 e. The van der Waals surface area contributed by atoms with Crippen molar-refractivity contribution in [3.8, 4) is 0 Å². The van der Waals surface area contributed by atoms with Gasteiger partial charge in [-0.25, -0.2) is 9.48 Å². The number of aliphatic hydroxyl groups excluding tert-OH is 1. The predicted octanol–water partition coefficient (Wildman–Crippen LogP) is 3.67. The molecule has 9 nitrogen and oxygen atoms in total. The van der Waals surface area contributed by atoms with E-state index in [9.17, 15) is 14.4 Å². The quantitative estimate of drug-likeness (QED) is 0.390. The van der Waals surface area contributed by atoms with E-state index in [1.807, 2.05) is 44.2 Å². The Balaban J connectivity index is 0.000000269. The number of nitrogens with zero attached hydrogens (tertiary/aromatic N) is 2. The summed E-state index contributed by atoms with van der Waals surface area (Å²) in [5.74, 6) is -0.0482. The summed E-state index contributed by atoms with van der Waals surface area (Å²) in [6.45, 7) is 7.02. The van der Waals surface area contributed by atoms with E-state index >= 15 is 0 Å². The number of rotatable bonds is 9. The van der Waals surface area contributed by atoms with Gasteiger partial charge >= 0.3 is 6.09 Å². The van der Waals surface area contributed by atoms with E-state index in [2.05, 4.69) is 15.7 Å². The lowest BCUT2D eigenvalue weighted by molar-refractivity contribution is 0.0952. The van der Waals surface area contributed by atoms with E-state index < -0.39 is 6.09 Å². The molecule has 0 aliphatic heterocycles. The highest BCUT2D eigenvalue weighted by Gasteiger charge is 2.05. The molecule has 192 valence electrons. The van der Waals surface area contributed by atoms with Gasteiger partial charge in [-0.05, 0) is 69.5 Å². The molecule has 0 radical (unpaired) electrons. The van der Waals surface area contributed by atoms with Crippen LogP contribution in [-0.2, 0) is 11.3 Å². The molecule has 0 unspecified atom stereocenters. The second-order valence-corrected chi connectivity index (χ2v) is 8.07. The number of aryl methyl sites for hydroxylation is 2. The number of hydrogen-bond acceptors (Lipinski definition) is 6. The largest absolute Gasteiger partial charge is 0.450 e. The molecule has 3 N–H and O–H groups in total. The maximum Gasteiger partial charge on any atom is 0.411 e. The van der Waals surface area contributed by atoms with E-state index in [1.165, 1.54) is 10.7 Å². The zero-order valence-electron chi connectivity index (χ0n) is 21.0. The Morgan fingerprint density at radius 2 is 1.78 bits per heavy atom. The molecule has 0 spiro atoms. The molecule has 0 atom stereocenters. The van der Waals surface area contributed by atoms with Gasteiger partial charge in [0.25, 0.3) is 11.5 Å². The number of anilines is 1. The van der Waals surface area contributed by atoms with Gasteiger partial charge in [0.05, 0.1) is 18.8 Å². The maximum atomic E-state index is 11.7. The highest BCUT2D eigenvalue weighted by atomic mass is 16.5. The zero-order chi connectivity index (χ0) is 26.3. The summed E-state index contributed by atoms with van der Waals surface area (Å²) in [5, 5.41) is 18.2. The van der Waals surface area contributed by atoms with Crippen LogP contribution < -0.4 is 16.2 Å². The summed E-state index contributed by atoms with van der Waals surface area (Å²) in [6.07, 6.45) is 1.04. The summed E-state index contributed by atoms with van der Waals surface area (Å²) in [6, 6.07) is 17.9. The first-order chi connectivity index (χ1) is 17.3. The monoisotopic (exact) mass is 494 g/mol. The van der Waals surface area contributed by atoms with Gasteiger partial charge in [-0.15, -0.1) is 0 Å². The summed E-state index contributed by atoms with van der Waals surface area (Å²) in [4.78, 5) is 34.7. The average Bonchev–Trinajstić information content (AvgIpc) is 2.85. The van der Waals surface area contributed by atoms with Crippen molar-refractivity contribution in [3.63, 3.8) is 0 Å². The standard InChI is InChI=1S/C15H17N3O3.C12H17NO2/c1-3-21-15(20)16-13-6-4-5-12(9-13)10-18-14(19)8-7-11(2)17-18;1-10-4-6-11(7-5-10)12(15)13-8-2-3-9-14/h4-9H,3,10H2,1-2H3,(H,16,20);4-7,14H,2-3,8-9H2,1H3,(H,13,15). The molecule has 0 saturated heterocycles. The summed E-state index contributed by atoms with van der Waals surface area (Å²) < 4.78 is 6.21. The van der Waals surface area contributed by atoms with Crippen LogP contribution in [0.2, 0.25) is 0 Å². The van der Waals surface area contributed by atoms with Crippen LogP contribution in [0, 0.1) is 13.8 Å². The SMILES string of the molecule is CCOC(=O)Nc1cccc(Cn2nc(C)ccc2=O)c1.Cc1ccc(C(=O)NCCCCO)cc1. The molecule has 0 bridgehead atoms. The van der Waals surface area contributed by atoms with Crippen molar-refractivity contribution in [2.75, 3.05) is 25.1 Å². The number of carbonyl (C=O) groups excluding carboxylic acids is 2. The van der Waals surface area contributed by atoms with Crippen LogP contribution in [0.25, 0.3) is 0 Å². The molecule has 9 heteroatoms. The third-order valence-electron chi connectivity index (χ3n) is 4.97. The predicted molar refractivity (Wildman–Crippen MR) is 139 cm³/mol. The van der Waals surface area contributed by atoms with Crippen LogP contribution in [0.3, 0.4) is 0 Å². The molecule has 1 heterocycles. The van der Waals surface area contributed by atoms with Gasteiger partial charge in [0, 0.05) is 30.5 Å². The summed E-state index contributed by atoms with van der Waals surface area (Å²) in [7, 11) is 0. The Hall–Kier alpha value is -3.98. The lowest BCUT2D eigenvalue weighted by Crippen LogP contribution is -2.24. The Morgan fingerprint density at radius 1 is 1.03 bits per heavy atom. The first-order valence-corrected chi connectivity index (χ1v) is 11.9. The van der Waals surface area contributed by atoms with E-state index in [4.69, 9.17) is 9.84 Å². The van der Waals surface area contributed by atoms with Gasteiger partial charge in [0.15, 0.2) is 0 Å². The molecule has 2 aromatic carbocycles. The van der Waals surface area contributed by atoms with Crippen LogP contribution in [0.15, 0.2) is 65.5 Å². The second kappa shape index (κ2) is 15.1. The molecule has 3 rings (SSSR count). The van der Waals surface area contributed by atoms with Gasteiger partial charge in [0.2, 0.25) is 0 Å². The van der Waals surface area contributed by atoms with E-state index in [0.29, 0.717) is 30.9 Å². The average molecular weight is 495 g/mol. The van der Waals surface area contributed by atoms with E-state index in [0.717, 1.165) is 29.7 Å². The van der Waals surface area contributed by atoms with Gasteiger partial charge in [0.1, 0.15) is 0 Å². The Bertz CT molecular complexity index is 1180. The molecular weight excluding hydrogens is 460 g/mol. The molecule has 1 aromatic heterocycles. The lowest BCUT2D eigenvalue weighted by atomic mass is 10.1. The number of nitrogens with one attached hydrogen (secondary N) is 2. The molecule has 36 heavy (non-hydrogen) atoms. The summed E-state index contributed by atoms with van der Waals surface area (Å²) >= 11 is 0. The van der Waals surface area contributed by atoms with Gasteiger partial charge in [-0.3, -0.25) is 14.9 Å². The third-order valence-corrected chi connectivity index (χ3v) is 4.97. The van der Waals surface area contributed by atoms with Crippen LogP contribution in [0.1, 0.15) is 46.9 Å². The number of benzene rings is 2. The Labute approximate surface area is 211 Å². The maximum absolute atomic E-state index is 11.7. The van der Waals surface area contributed by atoms with Crippen LogP contribution in [0.4, 0.5) is 10.5 Å². The Kier molecular flexibility index (Phi) is 11.9. The summed E-state index contributed by atoms with van der Waals surface area (Å²) in [5.41, 5.74) is 3.92. The van der Waals surface area contributed by atoms with Gasteiger partial charge < -0.3 is 15.2 Å². The van der Waals surface area contributed by atoms with E-state index in [1.54, 1.807) is 31.2 Å². The minimum absolute atomic E-state index is 0.0482. The highest BCUT2D eigenvalue weighted by Crippen LogP contribution is 2.11. The van der Waals surface area contributed by atoms with Crippen molar-refractivity contribution in [1.82, 2.24) is 15.1 Å². The molecule has 0 aliphatic rings. The van der Waals surface area contributed by atoms with Crippen molar-refractivity contribution in [3.05, 3.63) is 93.4 Å². The molecule has 3 aromatic rings. The van der Waals surface area contributed by atoms with Crippen molar-refractivity contribution in [2.24, 2.45) is 0 Å². The number of aromatic nitrogens is 2. The van der Waals surface area contributed by atoms with Crippen LogP contribution >= 0.6 is 0 Å².